The summed E-state index contributed by atoms with van der Waals surface area (Å²) in [5.41, 5.74) is 1.01. The molecule has 25 heavy (non-hydrogen) atoms. The van der Waals surface area contributed by atoms with Crippen molar-refractivity contribution in [3.63, 3.8) is 0 Å². The van der Waals surface area contributed by atoms with Crippen LogP contribution in [0.3, 0.4) is 0 Å². The lowest BCUT2D eigenvalue weighted by molar-refractivity contribution is -0.385. The van der Waals surface area contributed by atoms with E-state index in [0.717, 1.165) is 5.56 Å². The van der Waals surface area contributed by atoms with Crippen molar-refractivity contribution in [3.8, 4) is 5.75 Å². The Labute approximate surface area is 147 Å². The lowest BCUT2D eigenvalue weighted by atomic mass is 9.95. The van der Waals surface area contributed by atoms with Gasteiger partial charge in [-0.1, -0.05) is 44.2 Å². The molecule has 0 fully saturated rings. The van der Waals surface area contributed by atoms with Crippen LogP contribution in [0.25, 0.3) is 0 Å². The summed E-state index contributed by atoms with van der Waals surface area (Å²) in [6.45, 7) is 6.09. The molecule has 0 saturated heterocycles. The van der Waals surface area contributed by atoms with E-state index in [2.05, 4.69) is 5.32 Å². The monoisotopic (exact) mass is 342 g/mol. The van der Waals surface area contributed by atoms with Gasteiger partial charge in [-0.15, -0.1) is 0 Å². The van der Waals surface area contributed by atoms with Crippen molar-refractivity contribution in [1.82, 2.24) is 5.32 Å². The fourth-order valence-corrected chi connectivity index (χ4v) is 2.60. The molecule has 0 radical (unpaired) electrons. The van der Waals surface area contributed by atoms with Crippen LogP contribution < -0.4 is 10.1 Å². The summed E-state index contributed by atoms with van der Waals surface area (Å²) in [4.78, 5) is 23.3. The highest BCUT2D eigenvalue weighted by Crippen LogP contribution is 2.29. The Morgan fingerprint density at radius 2 is 1.88 bits per heavy atom. The molecule has 0 heterocycles. The predicted molar refractivity (Wildman–Crippen MR) is 95.8 cm³/mol. The van der Waals surface area contributed by atoms with Gasteiger partial charge in [0.15, 0.2) is 5.75 Å². The maximum Gasteiger partial charge on any atom is 0.311 e. The zero-order valence-corrected chi connectivity index (χ0v) is 14.6. The van der Waals surface area contributed by atoms with Crippen molar-refractivity contribution in [2.24, 2.45) is 5.92 Å². The van der Waals surface area contributed by atoms with E-state index in [1.165, 1.54) is 18.2 Å². The highest BCUT2D eigenvalue weighted by molar-refractivity contribution is 5.95. The van der Waals surface area contributed by atoms with Crippen molar-refractivity contribution >= 4 is 11.6 Å². The number of carbonyl (C=O) groups is 1. The Kier molecular flexibility index (Phi) is 6.11. The Balaban J connectivity index is 2.27. The van der Waals surface area contributed by atoms with Crippen molar-refractivity contribution in [2.45, 2.75) is 26.8 Å². The second-order valence-corrected chi connectivity index (χ2v) is 5.98. The molecule has 0 aliphatic heterocycles. The molecule has 1 unspecified atom stereocenters. The van der Waals surface area contributed by atoms with Gasteiger partial charge >= 0.3 is 5.69 Å². The molecule has 2 aromatic carbocycles. The molecule has 0 bridgehead atoms. The van der Waals surface area contributed by atoms with E-state index in [-0.39, 0.29) is 34.9 Å². The van der Waals surface area contributed by atoms with Crippen LogP contribution in [-0.4, -0.2) is 17.4 Å². The number of nitro groups is 1. The lowest BCUT2D eigenvalue weighted by Gasteiger charge is -2.23. The van der Waals surface area contributed by atoms with Gasteiger partial charge in [-0.05, 0) is 30.5 Å². The summed E-state index contributed by atoms with van der Waals surface area (Å²) in [6, 6.07) is 13.7. The van der Waals surface area contributed by atoms with Crippen LogP contribution in [0, 0.1) is 16.0 Å². The molecule has 2 aromatic rings. The van der Waals surface area contributed by atoms with Crippen LogP contribution in [0.4, 0.5) is 5.69 Å². The molecule has 1 atom stereocenters. The van der Waals surface area contributed by atoms with Gasteiger partial charge in [0, 0.05) is 11.6 Å². The number of rotatable bonds is 7. The zero-order chi connectivity index (χ0) is 18.4. The van der Waals surface area contributed by atoms with Crippen LogP contribution in [0.15, 0.2) is 48.5 Å². The van der Waals surface area contributed by atoms with E-state index < -0.39 is 4.92 Å². The van der Waals surface area contributed by atoms with Crippen LogP contribution in [-0.2, 0) is 0 Å². The normalized spacial score (nSPS) is 11.8. The minimum atomic E-state index is -0.543. The third-order valence-corrected chi connectivity index (χ3v) is 3.83. The van der Waals surface area contributed by atoms with E-state index in [4.69, 9.17) is 4.74 Å². The van der Waals surface area contributed by atoms with Crippen molar-refractivity contribution in [3.05, 3.63) is 69.8 Å². The largest absolute Gasteiger partial charge is 0.487 e. The quantitative estimate of drug-likeness (QED) is 0.606. The second-order valence-electron chi connectivity index (χ2n) is 5.98. The third-order valence-electron chi connectivity index (χ3n) is 3.83. The molecular weight excluding hydrogens is 320 g/mol. The van der Waals surface area contributed by atoms with Gasteiger partial charge in [0.05, 0.1) is 17.6 Å². The molecule has 0 aliphatic carbocycles. The minimum Gasteiger partial charge on any atom is -0.487 e. The Morgan fingerprint density at radius 3 is 2.44 bits per heavy atom. The smallest absolute Gasteiger partial charge is 0.311 e. The molecule has 0 spiro atoms. The summed E-state index contributed by atoms with van der Waals surface area (Å²) >= 11 is 0. The summed E-state index contributed by atoms with van der Waals surface area (Å²) in [6.07, 6.45) is 0. The molecule has 0 aliphatic rings. The zero-order valence-electron chi connectivity index (χ0n) is 14.6. The molecule has 0 saturated carbocycles. The number of amides is 1. The number of nitrogens with one attached hydrogen (secondary N) is 1. The average molecular weight is 342 g/mol. The molecular formula is C19H22N2O4. The number of hydrogen-bond donors (Lipinski definition) is 1. The maximum atomic E-state index is 12.6. The van der Waals surface area contributed by atoms with Crippen LogP contribution in [0.5, 0.6) is 5.75 Å². The van der Waals surface area contributed by atoms with E-state index in [0.29, 0.717) is 6.61 Å². The molecule has 0 aromatic heterocycles. The second kappa shape index (κ2) is 8.28. The number of hydrogen-bond acceptors (Lipinski definition) is 4. The van der Waals surface area contributed by atoms with Crippen LogP contribution >= 0.6 is 0 Å². The van der Waals surface area contributed by atoms with Gasteiger partial charge in [0.25, 0.3) is 5.91 Å². The first-order valence-electron chi connectivity index (χ1n) is 8.21. The Hall–Kier alpha value is -2.89. The molecule has 132 valence electrons. The standard InChI is InChI=1S/C19H22N2O4/c1-4-25-17-11-10-15(12-16(17)21(23)24)19(22)20-18(13(2)3)14-8-6-5-7-9-14/h5-13,18H,4H2,1-3H3,(H,20,22). The molecule has 2 rings (SSSR count). The number of carbonyl (C=O) groups excluding carboxylic acids is 1. The van der Waals surface area contributed by atoms with Crippen molar-refractivity contribution < 1.29 is 14.5 Å². The first-order chi connectivity index (χ1) is 11.9. The SMILES string of the molecule is CCOc1ccc(C(=O)NC(c2ccccc2)C(C)C)cc1[N+](=O)[O-]. The first kappa shape index (κ1) is 18.4. The summed E-state index contributed by atoms with van der Waals surface area (Å²) in [5, 5.41) is 14.2. The Bertz CT molecular complexity index is 744. The lowest BCUT2D eigenvalue weighted by Crippen LogP contribution is -2.31. The average Bonchev–Trinajstić information content (AvgIpc) is 2.60. The van der Waals surface area contributed by atoms with E-state index >= 15 is 0 Å². The van der Waals surface area contributed by atoms with Crippen molar-refractivity contribution in [2.75, 3.05) is 6.61 Å². The molecule has 1 N–H and O–H groups in total. The maximum absolute atomic E-state index is 12.6. The molecule has 6 heteroatoms. The Morgan fingerprint density at radius 1 is 1.20 bits per heavy atom. The van der Waals surface area contributed by atoms with Gasteiger partial charge in [-0.25, -0.2) is 0 Å². The van der Waals surface area contributed by atoms with Gasteiger partial charge < -0.3 is 10.1 Å². The minimum absolute atomic E-state index is 0.160. The van der Waals surface area contributed by atoms with E-state index in [1.807, 2.05) is 44.2 Å². The predicted octanol–water partition coefficient (Wildman–Crippen LogP) is 4.12. The van der Waals surface area contributed by atoms with E-state index in [9.17, 15) is 14.9 Å². The van der Waals surface area contributed by atoms with Gasteiger partial charge in [-0.3, -0.25) is 14.9 Å². The van der Waals surface area contributed by atoms with Crippen LogP contribution in [0.1, 0.15) is 42.7 Å². The highest BCUT2D eigenvalue weighted by atomic mass is 16.6. The van der Waals surface area contributed by atoms with Gasteiger partial charge in [0.2, 0.25) is 0 Å². The number of nitro benzene ring substituents is 1. The van der Waals surface area contributed by atoms with Gasteiger partial charge in [-0.2, -0.15) is 0 Å². The van der Waals surface area contributed by atoms with Crippen LogP contribution in [0.2, 0.25) is 0 Å². The highest BCUT2D eigenvalue weighted by Gasteiger charge is 2.22. The van der Waals surface area contributed by atoms with Gasteiger partial charge in [0.1, 0.15) is 0 Å². The molecule has 6 nitrogen and oxygen atoms in total. The number of nitrogens with zero attached hydrogens (tertiary/aromatic N) is 1. The molecule has 1 amide bonds. The number of benzene rings is 2. The fourth-order valence-electron chi connectivity index (χ4n) is 2.60. The van der Waals surface area contributed by atoms with Crippen molar-refractivity contribution in [1.29, 1.82) is 0 Å². The topological polar surface area (TPSA) is 81.5 Å². The summed E-state index contributed by atoms with van der Waals surface area (Å²) < 4.78 is 5.25. The summed E-state index contributed by atoms with van der Waals surface area (Å²) in [5.74, 6) is -0.0229. The first-order valence-corrected chi connectivity index (χ1v) is 8.21. The van der Waals surface area contributed by atoms with E-state index in [1.54, 1.807) is 6.92 Å². The number of ether oxygens (including phenoxy) is 1. The summed E-state index contributed by atoms with van der Waals surface area (Å²) in [7, 11) is 0. The fraction of sp³-hybridized carbons (Fsp3) is 0.316. The third kappa shape index (κ3) is 4.56.